The van der Waals surface area contributed by atoms with Gasteiger partial charge in [0.15, 0.2) is 5.82 Å². The van der Waals surface area contributed by atoms with Crippen molar-refractivity contribution in [3.8, 4) is 28.3 Å². The second kappa shape index (κ2) is 8.45. The van der Waals surface area contributed by atoms with Crippen molar-refractivity contribution in [2.24, 2.45) is 0 Å². The first-order valence-electron chi connectivity index (χ1n) is 11.3. The highest BCUT2D eigenvalue weighted by atomic mass is 32.1. The molecule has 6 nitrogen and oxygen atoms in total. The van der Waals surface area contributed by atoms with Crippen molar-refractivity contribution in [3.05, 3.63) is 117 Å². The van der Waals surface area contributed by atoms with Crippen LogP contribution < -0.4 is 10.1 Å². The molecule has 0 saturated heterocycles. The lowest BCUT2D eigenvalue weighted by Gasteiger charge is -2.01. The molecule has 0 aliphatic heterocycles. The first kappa shape index (κ1) is 21.2. The van der Waals surface area contributed by atoms with Crippen molar-refractivity contribution in [3.63, 3.8) is 0 Å². The molecule has 0 bridgehead atoms. The molecule has 0 aliphatic carbocycles. The SMILES string of the molecule is Cc1ccc(-c2nc3s/c(=C\c4cn(-c5ccccc5)nc4-c4ccc(C)cc4)c(=O)n3n2)cc1. The van der Waals surface area contributed by atoms with Crippen molar-refractivity contribution in [2.75, 3.05) is 0 Å². The van der Waals surface area contributed by atoms with Crippen LogP contribution in [0.25, 0.3) is 39.4 Å². The van der Waals surface area contributed by atoms with E-state index in [4.69, 9.17) is 5.10 Å². The highest BCUT2D eigenvalue weighted by Crippen LogP contribution is 2.25. The van der Waals surface area contributed by atoms with Crippen LogP contribution in [0.5, 0.6) is 0 Å². The third kappa shape index (κ3) is 3.96. The van der Waals surface area contributed by atoms with Gasteiger partial charge in [-0.15, -0.1) is 5.10 Å². The highest BCUT2D eigenvalue weighted by Gasteiger charge is 2.15. The van der Waals surface area contributed by atoms with Crippen LogP contribution in [-0.2, 0) is 0 Å². The van der Waals surface area contributed by atoms with Crippen molar-refractivity contribution < 1.29 is 0 Å². The Kier molecular flexibility index (Phi) is 5.12. The van der Waals surface area contributed by atoms with E-state index in [1.807, 2.05) is 78.5 Å². The van der Waals surface area contributed by atoms with E-state index in [0.29, 0.717) is 15.3 Å². The lowest BCUT2D eigenvalue weighted by atomic mass is 10.1. The number of para-hydroxylation sites is 1. The lowest BCUT2D eigenvalue weighted by molar-refractivity contribution is 0.884. The van der Waals surface area contributed by atoms with E-state index in [1.54, 1.807) is 0 Å². The van der Waals surface area contributed by atoms with Gasteiger partial charge in [0, 0.05) is 22.9 Å². The Balaban J connectivity index is 1.48. The van der Waals surface area contributed by atoms with Crippen LogP contribution in [-0.4, -0.2) is 24.4 Å². The molecular weight excluding hydrogens is 454 g/mol. The molecule has 0 spiro atoms. The Labute approximate surface area is 205 Å². The quantitative estimate of drug-likeness (QED) is 0.366. The van der Waals surface area contributed by atoms with Gasteiger partial charge in [0.25, 0.3) is 5.56 Å². The molecule has 0 amide bonds. The smallest absolute Gasteiger partial charge is 0.266 e. The molecule has 170 valence electrons. The zero-order chi connectivity index (χ0) is 23.9. The van der Waals surface area contributed by atoms with Crippen LogP contribution in [0.15, 0.2) is 89.9 Å². The van der Waals surface area contributed by atoms with Gasteiger partial charge >= 0.3 is 0 Å². The van der Waals surface area contributed by atoms with Gasteiger partial charge in [-0.2, -0.15) is 14.6 Å². The van der Waals surface area contributed by atoms with Gasteiger partial charge in [-0.3, -0.25) is 4.79 Å². The van der Waals surface area contributed by atoms with Crippen molar-refractivity contribution in [1.82, 2.24) is 24.4 Å². The van der Waals surface area contributed by atoms with Crippen LogP contribution >= 0.6 is 11.3 Å². The van der Waals surface area contributed by atoms with Crippen LogP contribution in [0.4, 0.5) is 0 Å². The molecule has 7 heteroatoms. The summed E-state index contributed by atoms with van der Waals surface area (Å²) >= 11 is 1.33. The van der Waals surface area contributed by atoms with Crippen molar-refractivity contribution in [2.45, 2.75) is 13.8 Å². The molecule has 3 aromatic carbocycles. The summed E-state index contributed by atoms with van der Waals surface area (Å²) in [5, 5.41) is 9.34. The zero-order valence-corrected chi connectivity index (χ0v) is 20.0. The second-order valence-corrected chi connectivity index (χ2v) is 9.50. The number of fused-ring (bicyclic) bond motifs is 1. The molecule has 6 aromatic rings. The maximum Gasteiger partial charge on any atom is 0.291 e. The average Bonchev–Trinajstić information content (AvgIpc) is 3.56. The number of aryl methyl sites for hydroxylation is 2. The van der Waals surface area contributed by atoms with Crippen LogP contribution in [0, 0.1) is 13.8 Å². The maximum absolute atomic E-state index is 13.2. The van der Waals surface area contributed by atoms with E-state index >= 15 is 0 Å². The molecule has 0 unspecified atom stereocenters. The molecule has 0 radical (unpaired) electrons. The Hall–Kier alpha value is -4.36. The molecular formula is C28H21N5OS. The zero-order valence-electron chi connectivity index (χ0n) is 19.2. The molecule has 0 fully saturated rings. The summed E-state index contributed by atoms with van der Waals surface area (Å²) < 4.78 is 3.80. The van der Waals surface area contributed by atoms with E-state index in [-0.39, 0.29) is 5.56 Å². The Bertz CT molecular complexity index is 1760. The third-order valence-electron chi connectivity index (χ3n) is 5.87. The Morgan fingerprint density at radius 3 is 2.11 bits per heavy atom. The van der Waals surface area contributed by atoms with E-state index < -0.39 is 0 Å². The third-order valence-corrected chi connectivity index (χ3v) is 6.83. The van der Waals surface area contributed by atoms with Gasteiger partial charge in [-0.1, -0.05) is 89.2 Å². The fraction of sp³-hybridized carbons (Fsp3) is 0.0714. The average molecular weight is 476 g/mol. The van der Waals surface area contributed by atoms with Gasteiger partial charge in [0.05, 0.1) is 15.9 Å². The number of thiazole rings is 1. The largest absolute Gasteiger partial charge is 0.291 e. The predicted octanol–water partition coefficient (Wildman–Crippen LogP) is 4.84. The first-order chi connectivity index (χ1) is 17.0. The molecule has 0 saturated carbocycles. The van der Waals surface area contributed by atoms with Crippen LogP contribution in [0.3, 0.4) is 0 Å². The minimum Gasteiger partial charge on any atom is -0.266 e. The second-order valence-electron chi connectivity index (χ2n) is 8.49. The minimum absolute atomic E-state index is 0.182. The number of hydrogen-bond donors (Lipinski definition) is 0. The normalized spacial score (nSPS) is 12.0. The number of hydrogen-bond acceptors (Lipinski definition) is 5. The summed E-state index contributed by atoms with van der Waals surface area (Å²) in [4.78, 5) is 18.4. The van der Waals surface area contributed by atoms with E-state index in [1.165, 1.54) is 21.4 Å². The fourth-order valence-electron chi connectivity index (χ4n) is 3.94. The minimum atomic E-state index is -0.182. The predicted molar refractivity (Wildman–Crippen MR) is 140 cm³/mol. The summed E-state index contributed by atoms with van der Waals surface area (Å²) in [7, 11) is 0. The monoisotopic (exact) mass is 475 g/mol. The van der Waals surface area contributed by atoms with E-state index in [0.717, 1.165) is 33.6 Å². The molecule has 3 aromatic heterocycles. The van der Waals surface area contributed by atoms with E-state index in [9.17, 15) is 4.79 Å². The van der Waals surface area contributed by atoms with Crippen LogP contribution in [0.1, 0.15) is 16.7 Å². The highest BCUT2D eigenvalue weighted by molar-refractivity contribution is 7.15. The summed E-state index contributed by atoms with van der Waals surface area (Å²) in [5.74, 6) is 0.553. The number of nitrogens with zero attached hydrogens (tertiary/aromatic N) is 5. The van der Waals surface area contributed by atoms with E-state index in [2.05, 4.69) is 41.3 Å². The Morgan fingerprint density at radius 1 is 0.800 bits per heavy atom. The van der Waals surface area contributed by atoms with Gasteiger partial charge in [0.1, 0.15) is 0 Å². The maximum atomic E-state index is 13.2. The van der Waals surface area contributed by atoms with Gasteiger partial charge in [-0.25, -0.2) is 4.68 Å². The molecule has 0 aliphatic rings. The van der Waals surface area contributed by atoms with Gasteiger partial charge in [0.2, 0.25) is 4.96 Å². The standard InChI is InChI=1S/C28H21N5OS/c1-18-8-12-20(13-9-18)25-22(17-32(30-25)23-6-4-3-5-7-23)16-24-27(34)33-28(35-24)29-26(31-33)21-14-10-19(2)11-15-21/h3-17H,1-2H3/b24-16-. The van der Waals surface area contributed by atoms with Crippen molar-refractivity contribution in [1.29, 1.82) is 0 Å². The lowest BCUT2D eigenvalue weighted by Crippen LogP contribution is -2.23. The molecule has 3 heterocycles. The summed E-state index contributed by atoms with van der Waals surface area (Å²) in [6.07, 6.45) is 3.84. The summed E-state index contributed by atoms with van der Waals surface area (Å²) in [6.45, 7) is 4.09. The summed E-state index contributed by atoms with van der Waals surface area (Å²) in [5.41, 5.74) is 6.67. The van der Waals surface area contributed by atoms with Crippen LogP contribution in [0.2, 0.25) is 0 Å². The topological polar surface area (TPSA) is 65.1 Å². The molecule has 0 atom stereocenters. The fourth-order valence-corrected chi connectivity index (χ4v) is 4.84. The summed E-state index contributed by atoms with van der Waals surface area (Å²) in [6, 6.07) is 26.1. The first-order valence-corrected chi connectivity index (χ1v) is 12.1. The molecule has 6 rings (SSSR count). The number of aromatic nitrogens is 5. The van der Waals surface area contributed by atoms with Gasteiger partial charge < -0.3 is 0 Å². The molecule has 35 heavy (non-hydrogen) atoms. The number of benzene rings is 3. The van der Waals surface area contributed by atoms with Gasteiger partial charge in [-0.05, 0) is 32.1 Å². The molecule has 0 N–H and O–H groups in total. The number of rotatable bonds is 4. The Morgan fingerprint density at radius 2 is 1.46 bits per heavy atom. The van der Waals surface area contributed by atoms with Crippen molar-refractivity contribution >= 4 is 22.4 Å².